The highest BCUT2D eigenvalue weighted by atomic mass is 32.2. The Bertz CT molecular complexity index is 589. The van der Waals surface area contributed by atoms with Crippen LogP contribution < -0.4 is 4.57 Å². The molecule has 5 nitrogen and oxygen atoms in total. The molecule has 170 valence electrons. The van der Waals surface area contributed by atoms with E-state index >= 15 is 0 Å². The average Bonchev–Trinajstić information content (AvgIpc) is 3.11. The number of hydrogen-bond donors (Lipinski definition) is 0. The first-order valence-corrected chi connectivity index (χ1v) is 13.3. The van der Waals surface area contributed by atoms with Gasteiger partial charge >= 0.3 is 0 Å². The summed E-state index contributed by atoms with van der Waals surface area (Å²) in [6, 6.07) is 0. The van der Waals surface area contributed by atoms with Crippen molar-refractivity contribution in [1.29, 1.82) is 0 Å². The molecule has 0 saturated carbocycles. The highest BCUT2D eigenvalue weighted by Gasteiger charge is 2.00. The van der Waals surface area contributed by atoms with Crippen LogP contribution in [0.15, 0.2) is 25.3 Å². The minimum atomic E-state index is -3.92. The van der Waals surface area contributed by atoms with Crippen LogP contribution in [0.1, 0.15) is 103 Å². The van der Waals surface area contributed by atoms with Gasteiger partial charge < -0.3 is 4.55 Å². The van der Waals surface area contributed by atoms with Gasteiger partial charge in [-0.25, -0.2) is 17.6 Å². The molecule has 0 N–H and O–H groups in total. The van der Waals surface area contributed by atoms with Crippen LogP contribution in [-0.4, -0.2) is 23.8 Å². The lowest BCUT2D eigenvalue weighted by Crippen LogP contribution is -2.30. The van der Waals surface area contributed by atoms with Crippen molar-refractivity contribution in [3.05, 3.63) is 25.3 Å². The van der Waals surface area contributed by atoms with Gasteiger partial charge in [0.15, 0.2) is 0 Å². The molecule has 0 aliphatic heterocycles. The molecule has 0 radical (unpaired) electrons. The Kier molecular flexibility index (Phi) is 18.1. The van der Waals surface area contributed by atoms with Gasteiger partial charge in [0.1, 0.15) is 12.4 Å². The van der Waals surface area contributed by atoms with Crippen LogP contribution in [0.25, 0.3) is 6.20 Å². The van der Waals surface area contributed by atoms with E-state index in [1.54, 1.807) is 0 Å². The van der Waals surface area contributed by atoms with Crippen molar-refractivity contribution >= 4 is 16.3 Å². The van der Waals surface area contributed by atoms with E-state index in [1.807, 2.05) is 10.8 Å². The van der Waals surface area contributed by atoms with Crippen LogP contribution in [0.4, 0.5) is 0 Å². The molecule has 0 spiro atoms. The SMILES string of the molecule is C=Cn1cc[n+](CCCCCCCCCCCCCCCCC)c1.CS(=O)(=O)[O-]. The van der Waals surface area contributed by atoms with Crippen molar-refractivity contribution in [3.63, 3.8) is 0 Å². The Morgan fingerprint density at radius 2 is 1.24 bits per heavy atom. The van der Waals surface area contributed by atoms with Gasteiger partial charge in [0.2, 0.25) is 6.33 Å². The Hall–Kier alpha value is -1.14. The summed E-state index contributed by atoms with van der Waals surface area (Å²) in [7, 11) is -3.92. The third-order valence-electron chi connectivity index (χ3n) is 4.94. The van der Waals surface area contributed by atoms with Gasteiger partial charge in [-0.2, -0.15) is 0 Å². The number of hydrogen-bond acceptors (Lipinski definition) is 3. The molecule has 1 aromatic heterocycles. The fraction of sp³-hybridized carbons (Fsp3) is 0.783. The summed E-state index contributed by atoms with van der Waals surface area (Å²) in [6.07, 6.45) is 30.1. The van der Waals surface area contributed by atoms with E-state index in [4.69, 9.17) is 13.0 Å². The Morgan fingerprint density at radius 1 is 0.862 bits per heavy atom. The second-order valence-corrected chi connectivity index (χ2v) is 9.34. The molecule has 1 rings (SSSR count). The Labute approximate surface area is 180 Å². The zero-order valence-corrected chi connectivity index (χ0v) is 19.7. The molecule has 0 amide bonds. The molecule has 0 unspecified atom stereocenters. The third-order valence-corrected chi connectivity index (χ3v) is 4.94. The van der Waals surface area contributed by atoms with E-state index in [0.717, 1.165) is 6.54 Å². The molecule has 6 heteroatoms. The quantitative estimate of drug-likeness (QED) is 0.176. The summed E-state index contributed by atoms with van der Waals surface area (Å²) in [4.78, 5) is 0. The Morgan fingerprint density at radius 3 is 1.59 bits per heavy atom. The van der Waals surface area contributed by atoms with Crippen molar-refractivity contribution in [3.8, 4) is 0 Å². The van der Waals surface area contributed by atoms with Crippen LogP contribution >= 0.6 is 0 Å². The van der Waals surface area contributed by atoms with Gasteiger partial charge in [-0.05, 0) is 12.8 Å². The summed E-state index contributed by atoms with van der Waals surface area (Å²) < 4.78 is 31.5. The topological polar surface area (TPSA) is 66.0 Å². The van der Waals surface area contributed by atoms with E-state index < -0.39 is 10.1 Å². The lowest BCUT2D eigenvalue weighted by atomic mass is 10.0. The van der Waals surface area contributed by atoms with Gasteiger partial charge in [-0.3, -0.25) is 0 Å². The maximum absolute atomic E-state index is 9.08. The zero-order valence-electron chi connectivity index (χ0n) is 18.9. The van der Waals surface area contributed by atoms with Crippen LogP contribution in [-0.2, 0) is 16.7 Å². The van der Waals surface area contributed by atoms with Crippen molar-refractivity contribution in [2.45, 2.75) is 110 Å². The van der Waals surface area contributed by atoms with Crippen LogP contribution in [0.2, 0.25) is 0 Å². The van der Waals surface area contributed by atoms with Gasteiger partial charge in [0.05, 0.1) is 22.9 Å². The van der Waals surface area contributed by atoms with Gasteiger partial charge in [0.25, 0.3) is 0 Å². The van der Waals surface area contributed by atoms with Crippen molar-refractivity contribution in [1.82, 2.24) is 4.57 Å². The number of aryl methyl sites for hydroxylation is 1. The smallest absolute Gasteiger partial charge is 0.248 e. The minimum absolute atomic E-state index is 0.604. The van der Waals surface area contributed by atoms with Crippen molar-refractivity contribution in [2.75, 3.05) is 6.26 Å². The number of nitrogens with zero attached hydrogens (tertiary/aromatic N) is 2. The first kappa shape index (κ1) is 27.9. The summed E-state index contributed by atoms with van der Waals surface area (Å²) in [5.74, 6) is 0. The van der Waals surface area contributed by atoms with Crippen LogP contribution in [0.3, 0.4) is 0 Å². The highest BCUT2D eigenvalue weighted by molar-refractivity contribution is 7.84. The molecule has 1 aromatic rings. The maximum atomic E-state index is 9.08. The third kappa shape index (κ3) is 23.0. The summed E-state index contributed by atoms with van der Waals surface area (Å²) in [6.45, 7) is 7.20. The lowest BCUT2D eigenvalue weighted by molar-refractivity contribution is -0.696. The molecule has 0 aromatic carbocycles. The van der Waals surface area contributed by atoms with E-state index in [1.165, 1.54) is 96.3 Å². The van der Waals surface area contributed by atoms with Gasteiger partial charge in [-0.15, -0.1) is 0 Å². The minimum Gasteiger partial charge on any atom is -0.748 e. The molecule has 0 fully saturated rings. The number of aromatic nitrogens is 2. The summed E-state index contributed by atoms with van der Waals surface area (Å²) >= 11 is 0. The maximum Gasteiger partial charge on any atom is 0.248 e. The number of imidazole rings is 1. The van der Waals surface area contributed by atoms with E-state index in [-0.39, 0.29) is 0 Å². The molecule has 29 heavy (non-hydrogen) atoms. The van der Waals surface area contributed by atoms with Crippen LogP contribution in [0, 0.1) is 0 Å². The molecule has 0 saturated heterocycles. The normalized spacial score (nSPS) is 11.1. The molecule has 1 heterocycles. The number of rotatable bonds is 17. The second-order valence-electron chi connectivity index (χ2n) is 7.94. The zero-order chi connectivity index (χ0) is 21.8. The summed E-state index contributed by atoms with van der Waals surface area (Å²) in [5.41, 5.74) is 0. The average molecular weight is 429 g/mol. The summed E-state index contributed by atoms with van der Waals surface area (Å²) in [5, 5.41) is 0. The second kappa shape index (κ2) is 18.9. The molecule has 0 bridgehead atoms. The standard InChI is InChI=1S/C22H41N2.CH4O3S/c1-3-5-6-7-8-9-10-11-12-13-14-15-16-17-18-19-24-21-20-23(4-2)22-24;1-5(2,3)4/h4,20-22H,2-3,5-19H2,1H3;1H3,(H,2,3,4)/q+1;/p-1. The van der Waals surface area contributed by atoms with Crippen molar-refractivity contribution in [2.24, 2.45) is 0 Å². The highest BCUT2D eigenvalue weighted by Crippen LogP contribution is 2.13. The molecular weight excluding hydrogens is 384 g/mol. The fourth-order valence-electron chi connectivity index (χ4n) is 3.32. The molecular formula is C23H44N2O3S. The molecule has 0 aliphatic carbocycles. The predicted octanol–water partition coefficient (Wildman–Crippen LogP) is 5.91. The molecule has 0 atom stereocenters. The first-order chi connectivity index (χ1) is 13.9. The monoisotopic (exact) mass is 428 g/mol. The van der Waals surface area contributed by atoms with E-state index in [9.17, 15) is 0 Å². The van der Waals surface area contributed by atoms with Crippen molar-refractivity contribution < 1.29 is 17.5 Å². The fourth-order valence-corrected chi connectivity index (χ4v) is 3.32. The van der Waals surface area contributed by atoms with E-state index in [2.05, 4.69) is 36.8 Å². The lowest BCUT2D eigenvalue weighted by Gasteiger charge is -2.03. The van der Waals surface area contributed by atoms with E-state index in [0.29, 0.717) is 6.26 Å². The predicted molar refractivity (Wildman–Crippen MR) is 122 cm³/mol. The van der Waals surface area contributed by atoms with Gasteiger partial charge in [-0.1, -0.05) is 97.0 Å². The van der Waals surface area contributed by atoms with Gasteiger partial charge in [0, 0.05) is 6.26 Å². The van der Waals surface area contributed by atoms with Crippen LogP contribution in [0.5, 0.6) is 0 Å². The molecule has 0 aliphatic rings. The largest absolute Gasteiger partial charge is 0.748 e. The Balaban J connectivity index is 0.00000139. The first-order valence-electron chi connectivity index (χ1n) is 11.5. The number of unbranched alkanes of at least 4 members (excludes halogenated alkanes) is 14.